The summed E-state index contributed by atoms with van der Waals surface area (Å²) in [5.74, 6) is 0. The topological polar surface area (TPSA) is 12.0 Å². The van der Waals surface area contributed by atoms with Crippen LogP contribution in [-0.2, 0) is 0 Å². The average molecular weight is 318 g/mol. The summed E-state index contributed by atoms with van der Waals surface area (Å²) in [4.78, 5) is 0. The zero-order valence-corrected chi connectivity index (χ0v) is 13.3. The Morgan fingerprint density at radius 1 is 1.11 bits per heavy atom. The first kappa shape index (κ1) is 14.3. The standard InChI is InChI=1S/C17H20BrN/c1-4-19-17(14-9-5-7-12(2)11-14)15-10-6-8-13(3)16(15)18/h5-11,17,19H,4H2,1-3H3. The molecule has 1 unspecified atom stereocenters. The summed E-state index contributed by atoms with van der Waals surface area (Å²) in [5.41, 5.74) is 5.18. The first-order chi connectivity index (χ1) is 9.13. The molecule has 1 N–H and O–H groups in total. The number of hydrogen-bond donors (Lipinski definition) is 1. The molecule has 0 spiro atoms. The van der Waals surface area contributed by atoms with Gasteiger partial charge in [-0.1, -0.05) is 70.9 Å². The molecule has 0 heterocycles. The van der Waals surface area contributed by atoms with Crippen LogP contribution in [0.15, 0.2) is 46.9 Å². The van der Waals surface area contributed by atoms with Crippen molar-refractivity contribution in [2.24, 2.45) is 0 Å². The number of rotatable bonds is 4. The molecule has 0 aliphatic heterocycles. The predicted molar refractivity (Wildman–Crippen MR) is 85.6 cm³/mol. The van der Waals surface area contributed by atoms with E-state index in [9.17, 15) is 0 Å². The van der Waals surface area contributed by atoms with Gasteiger partial charge in [-0.2, -0.15) is 0 Å². The van der Waals surface area contributed by atoms with Crippen molar-refractivity contribution >= 4 is 15.9 Å². The molecule has 1 nitrogen and oxygen atoms in total. The van der Waals surface area contributed by atoms with Crippen molar-refractivity contribution in [2.45, 2.75) is 26.8 Å². The zero-order valence-electron chi connectivity index (χ0n) is 11.7. The minimum absolute atomic E-state index is 0.235. The van der Waals surface area contributed by atoms with E-state index in [-0.39, 0.29) is 6.04 Å². The molecule has 0 fully saturated rings. The fourth-order valence-corrected chi connectivity index (χ4v) is 2.85. The SMILES string of the molecule is CCNC(c1cccc(C)c1)c1cccc(C)c1Br. The summed E-state index contributed by atoms with van der Waals surface area (Å²) < 4.78 is 1.20. The van der Waals surface area contributed by atoms with E-state index in [1.807, 2.05) is 0 Å². The van der Waals surface area contributed by atoms with Crippen LogP contribution in [0.3, 0.4) is 0 Å². The zero-order chi connectivity index (χ0) is 13.8. The lowest BCUT2D eigenvalue weighted by Gasteiger charge is -2.21. The van der Waals surface area contributed by atoms with Crippen LogP contribution in [0.2, 0.25) is 0 Å². The Bertz CT molecular complexity index is 563. The third kappa shape index (κ3) is 3.26. The normalized spacial score (nSPS) is 12.4. The summed E-state index contributed by atoms with van der Waals surface area (Å²) >= 11 is 3.73. The van der Waals surface area contributed by atoms with Gasteiger partial charge in [0, 0.05) is 4.47 Å². The van der Waals surface area contributed by atoms with Crippen LogP contribution in [0.4, 0.5) is 0 Å². The summed E-state index contributed by atoms with van der Waals surface area (Å²) in [7, 11) is 0. The van der Waals surface area contributed by atoms with E-state index in [0.717, 1.165) is 6.54 Å². The maximum atomic E-state index is 3.73. The fourth-order valence-electron chi connectivity index (χ4n) is 2.35. The van der Waals surface area contributed by atoms with Crippen LogP contribution in [0.1, 0.15) is 35.2 Å². The Kier molecular flexibility index (Phi) is 4.78. The molecule has 0 saturated heterocycles. The molecule has 100 valence electrons. The van der Waals surface area contributed by atoms with E-state index in [0.29, 0.717) is 0 Å². The molecule has 19 heavy (non-hydrogen) atoms. The van der Waals surface area contributed by atoms with Crippen molar-refractivity contribution in [2.75, 3.05) is 6.54 Å². The first-order valence-corrected chi connectivity index (χ1v) is 7.47. The number of hydrogen-bond acceptors (Lipinski definition) is 1. The molecular weight excluding hydrogens is 298 g/mol. The highest BCUT2D eigenvalue weighted by atomic mass is 79.9. The highest BCUT2D eigenvalue weighted by Gasteiger charge is 2.16. The lowest BCUT2D eigenvalue weighted by Crippen LogP contribution is -2.22. The number of halogens is 1. The fraction of sp³-hybridized carbons (Fsp3) is 0.294. The van der Waals surface area contributed by atoms with Crippen LogP contribution < -0.4 is 5.32 Å². The molecule has 0 aliphatic carbocycles. The molecule has 0 bridgehead atoms. The Morgan fingerprint density at radius 3 is 2.53 bits per heavy atom. The van der Waals surface area contributed by atoms with E-state index in [1.54, 1.807) is 0 Å². The molecule has 0 aliphatic rings. The van der Waals surface area contributed by atoms with E-state index >= 15 is 0 Å². The number of nitrogens with one attached hydrogen (secondary N) is 1. The Labute approximate surface area is 124 Å². The van der Waals surface area contributed by atoms with Crippen LogP contribution in [-0.4, -0.2) is 6.54 Å². The molecule has 2 rings (SSSR count). The molecule has 0 aromatic heterocycles. The van der Waals surface area contributed by atoms with Crippen LogP contribution in [0.25, 0.3) is 0 Å². The average Bonchev–Trinajstić information content (AvgIpc) is 2.40. The van der Waals surface area contributed by atoms with Gasteiger partial charge in [-0.05, 0) is 37.1 Å². The Morgan fingerprint density at radius 2 is 1.84 bits per heavy atom. The Balaban J connectivity index is 2.48. The first-order valence-electron chi connectivity index (χ1n) is 6.68. The quantitative estimate of drug-likeness (QED) is 0.856. The van der Waals surface area contributed by atoms with E-state index in [1.165, 1.54) is 26.7 Å². The second kappa shape index (κ2) is 6.36. The monoisotopic (exact) mass is 317 g/mol. The molecule has 0 amide bonds. The molecular formula is C17H20BrN. The van der Waals surface area contributed by atoms with E-state index in [4.69, 9.17) is 0 Å². The summed E-state index contributed by atoms with van der Waals surface area (Å²) in [6, 6.07) is 15.4. The van der Waals surface area contributed by atoms with Gasteiger partial charge in [0.15, 0.2) is 0 Å². The summed E-state index contributed by atoms with van der Waals surface area (Å²) in [6.07, 6.45) is 0. The van der Waals surface area contributed by atoms with Crippen molar-refractivity contribution in [1.29, 1.82) is 0 Å². The van der Waals surface area contributed by atoms with Gasteiger partial charge in [-0.15, -0.1) is 0 Å². The van der Waals surface area contributed by atoms with Crippen molar-refractivity contribution in [3.63, 3.8) is 0 Å². The maximum absolute atomic E-state index is 3.73. The minimum atomic E-state index is 0.235. The molecule has 2 aromatic rings. The van der Waals surface area contributed by atoms with Crippen molar-refractivity contribution in [3.05, 3.63) is 69.2 Å². The number of aryl methyl sites for hydroxylation is 2. The van der Waals surface area contributed by atoms with Crippen LogP contribution >= 0.6 is 15.9 Å². The molecule has 0 radical (unpaired) electrons. The van der Waals surface area contributed by atoms with Gasteiger partial charge in [-0.3, -0.25) is 0 Å². The predicted octanol–water partition coefficient (Wildman–Crippen LogP) is 4.76. The van der Waals surface area contributed by atoms with Gasteiger partial charge in [0.2, 0.25) is 0 Å². The molecule has 2 aromatic carbocycles. The Hall–Kier alpha value is -1.12. The van der Waals surface area contributed by atoms with E-state index in [2.05, 4.69) is 84.5 Å². The second-order valence-corrected chi connectivity index (χ2v) is 5.68. The van der Waals surface area contributed by atoms with Gasteiger partial charge in [0.1, 0.15) is 0 Å². The lowest BCUT2D eigenvalue weighted by molar-refractivity contribution is 0.627. The largest absolute Gasteiger partial charge is 0.306 e. The smallest absolute Gasteiger partial charge is 0.0587 e. The molecule has 1 atom stereocenters. The molecule has 2 heteroatoms. The minimum Gasteiger partial charge on any atom is -0.306 e. The summed E-state index contributed by atoms with van der Waals surface area (Å²) in [6.45, 7) is 7.36. The van der Waals surface area contributed by atoms with Gasteiger partial charge in [0.05, 0.1) is 6.04 Å². The van der Waals surface area contributed by atoms with Gasteiger partial charge in [-0.25, -0.2) is 0 Å². The van der Waals surface area contributed by atoms with Crippen molar-refractivity contribution in [3.8, 4) is 0 Å². The highest BCUT2D eigenvalue weighted by molar-refractivity contribution is 9.10. The highest BCUT2D eigenvalue weighted by Crippen LogP contribution is 2.31. The molecule has 0 saturated carbocycles. The van der Waals surface area contributed by atoms with Crippen molar-refractivity contribution in [1.82, 2.24) is 5.32 Å². The maximum Gasteiger partial charge on any atom is 0.0587 e. The van der Waals surface area contributed by atoms with Crippen LogP contribution in [0.5, 0.6) is 0 Å². The second-order valence-electron chi connectivity index (χ2n) is 4.88. The van der Waals surface area contributed by atoms with Crippen molar-refractivity contribution < 1.29 is 0 Å². The third-order valence-corrected chi connectivity index (χ3v) is 4.40. The summed E-state index contributed by atoms with van der Waals surface area (Å²) in [5, 5.41) is 3.58. The van der Waals surface area contributed by atoms with Gasteiger partial charge in [0.25, 0.3) is 0 Å². The van der Waals surface area contributed by atoms with Gasteiger partial charge < -0.3 is 5.32 Å². The van der Waals surface area contributed by atoms with Crippen LogP contribution in [0, 0.1) is 13.8 Å². The van der Waals surface area contributed by atoms with E-state index < -0.39 is 0 Å². The third-order valence-electron chi connectivity index (χ3n) is 3.32. The number of benzene rings is 2. The lowest BCUT2D eigenvalue weighted by atomic mass is 9.96. The van der Waals surface area contributed by atoms with Gasteiger partial charge >= 0.3 is 0 Å².